The van der Waals surface area contributed by atoms with Gasteiger partial charge in [0.15, 0.2) is 6.29 Å². The Morgan fingerprint density at radius 1 is 0.704 bits per heavy atom. The van der Waals surface area contributed by atoms with Crippen molar-refractivity contribution >= 4 is 0 Å². The average Bonchev–Trinajstić information content (AvgIpc) is 2.70. The molecule has 1 rings (SSSR count). The maximum atomic E-state index is 5.77. The molecule has 1 fully saturated rings. The standard InChI is InChI=1S/C25H46O2/c1-2-3-4-5-6-7-8-9-10-11-12-13-14-15-16-17-18-20-23-26-25-22-19-21-24-27-25/h9-10,13-14,25H,2-8,11-12,15-24H2,1H3/b10-9-,14-13-. The van der Waals surface area contributed by atoms with Crippen LogP contribution in [0.5, 0.6) is 0 Å². The minimum Gasteiger partial charge on any atom is -0.353 e. The quantitative estimate of drug-likeness (QED) is 0.177. The zero-order chi connectivity index (χ0) is 19.3. The van der Waals surface area contributed by atoms with Crippen molar-refractivity contribution in [3.8, 4) is 0 Å². The summed E-state index contributed by atoms with van der Waals surface area (Å²) < 4.78 is 11.3. The smallest absolute Gasteiger partial charge is 0.157 e. The summed E-state index contributed by atoms with van der Waals surface area (Å²) in [6.45, 7) is 4.03. The molecule has 0 aliphatic carbocycles. The molecule has 27 heavy (non-hydrogen) atoms. The third-order valence-corrected chi connectivity index (χ3v) is 5.26. The molecule has 1 heterocycles. The molecule has 2 nitrogen and oxygen atoms in total. The van der Waals surface area contributed by atoms with Gasteiger partial charge >= 0.3 is 0 Å². The molecule has 0 bridgehead atoms. The Bertz CT molecular complexity index is 342. The SMILES string of the molecule is CCCCCCCC/C=C\CC/C=C\CCCCCCOC1CCCCO1. The highest BCUT2D eigenvalue weighted by Crippen LogP contribution is 2.14. The van der Waals surface area contributed by atoms with Gasteiger partial charge in [0.25, 0.3) is 0 Å². The molecule has 1 aliphatic heterocycles. The van der Waals surface area contributed by atoms with E-state index >= 15 is 0 Å². The van der Waals surface area contributed by atoms with E-state index in [-0.39, 0.29) is 6.29 Å². The van der Waals surface area contributed by atoms with Crippen LogP contribution in [-0.4, -0.2) is 19.5 Å². The summed E-state index contributed by atoms with van der Waals surface area (Å²) in [5.41, 5.74) is 0. The second-order valence-corrected chi connectivity index (χ2v) is 7.95. The first-order valence-corrected chi connectivity index (χ1v) is 12.0. The molecule has 1 aliphatic rings. The Morgan fingerprint density at radius 2 is 1.30 bits per heavy atom. The summed E-state index contributed by atoms with van der Waals surface area (Å²) >= 11 is 0. The van der Waals surface area contributed by atoms with E-state index in [4.69, 9.17) is 9.47 Å². The lowest BCUT2D eigenvalue weighted by atomic mass is 10.1. The van der Waals surface area contributed by atoms with Crippen LogP contribution in [-0.2, 0) is 9.47 Å². The van der Waals surface area contributed by atoms with Crippen LogP contribution in [0.1, 0.15) is 116 Å². The van der Waals surface area contributed by atoms with Crippen LogP contribution in [0.3, 0.4) is 0 Å². The van der Waals surface area contributed by atoms with Gasteiger partial charge in [-0.3, -0.25) is 0 Å². The van der Waals surface area contributed by atoms with Crippen LogP contribution in [0, 0.1) is 0 Å². The minimum atomic E-state index is 0.0847. The van der Waals surface area contributed by atoms with Crippen molar-refractivity contribution in [3.05, 3.63) is 24.3 Å². The second kappa shape index (κ2) is 20.1. The van der Waals surface area contributed by atoms with Crippen LogP contribution in [0.25, 0.3) is 0 Å². The summed E-state index contributed by atoms with van der Waals surface area (Å²) in [5, 5.41) is 0. The van der Waals surface area contributed by atoms with E-state index in [1.54, 1.807) is 0 Å². The third kappa shape index (κ3) is 17.2. The lowest BCUT2D eigenvalue weighted by Crippen LogP contribution is -2.22. The van der Waals surface area contributed by atoms with Gasteiger partial charge in [0, 0.05) is 13.2 Å². The molecule has 0 amide bonds. The van der Waals surface area contributed by atoms with E-state index < -0.39 is 0 Å². The predicted octanol–water partition coefficient (Wildman–Crippen LogP) is 8.12. The van der Waals surface area contributed by atoms with Crippen molar-refractivity contribution in [2.24, 2.45) is 0 Å². The van der Waals surface area contributed by atoms with Crippen molar-refractivity contribution in [2.45, 2.75) is 122 Å². The predicted molar refractivity (Wildman–Crippen MR) is 118 cm³/mol. The number of ether oxygens (including phenoxy) is 2. The maximum absolute atomic E-state index is 5.77. The normalized spacial score (nSPS) is 18.0. The maximum Gasteiger partial charge on any atom is 0.157 e. The van der Waals surface area contributed by atoms with Gasteiger partial charge in [-0.05, 0) is 64.2 Å². The molecular weight excluding hydrogens is 332 g/mol. The van der Waals surface area contributed by atoms with Crippen LogP contribution in [0.2, 0.25) is 0 Å². The van der Waals surface area contributed by atoms with E-state index in [1.807, 2.05) is 0 Å². The first kappa shape index (κ1) is 24.4. The molecular formula is C25H46O2. The number of unbranched alkanes of at least 4 members (excludes halogenated alkanes) is 11. The zero-order valence-corrected chi connectivity index (χ0v) is 18.1. The Balaban J connectivity index is 1.74. The van der Waals surface area contributed by atoms with Crippen LogP contribution < -0.4 is 0 Å². The van der Waals surface area contributed by atoms with Crippen LogP contribution in [0.4, 0.5) is 0 Å². The van der Waals surface area contributed by atoms with Crippen molar-refractivity contribution in [2.75, 3.05) is 13.2 Å². The summed E-state index contributed by atoms with van der Waals surface area (Å²) in [7, 11) is 0. The monoisotopic (exact) mass is 378 g/mol. The third-order valence-electron chi connectivity index (χ3n) is 5.26. The Hall–Kier alpha value is -0.600. The van der Waals surface area contributed by atoms with Gasteiger partial charge < -0.3 is 9.47 Å². The average molecular weight is 379 g/mol. The molecule has 0 radical (unpaired) electrons. The fourth-order valence-electron chi connectivity index (χ4n) is 3.48. The zero-order valence-electron chi connectivity index (χ0n) is 18.1. The molecule has 0 saturated carbocycles. The van der Waals surface area contributed by atoms with Gasteiger partial charge in [0.05, 0.1) is 0 Å². The number of hydrogen-bond acceptors (Lipinski definition) is 2. The van der Waals surface area contributed by atoms with E-state index in [0.29, 0.717) is 0 Å². The molecule has 0 N–H and O–H groups in total. The lowest BCUT2D eigenvalue weighted by Gasteiger charge is -2.22. The van der Waals surface area contributed by atoms with Crippen LogP contribution >= 0.6 is 0 Å². The first-order chi connectivity index (χ1) is 13.4. The fraction of sp³-hybridized carbons (Fsp3) is 0.840. The van der Waals surface area contributed by atoms with E-state index in [2.05, 4.69) is 31.2 Å². The highest BCUT2D eigenvalue weighted by molar-refractivity contribution is 4.88. The summed E-state index contributed by atoms with van der Waals surface area (Å²) in [5.74, 6) is 0. The van der Waals surface area contributed by atoms with Gasteiger partial charge in [0.2, 0.25) is 0 Å². The Kier molecular flexibility index (Phi) is 18.2. The van der Waals surface area contributed by atoms with Gasteiger partial charge in [-0.1, -0.05) is 76.2 Å². The van der Waals surface area contributed by atoms with Gasteiger partial charge in [-0.2, -0.15) is 0 Å². The van der Waals surface area contributed by atoms with E-state index in [9.17, 15) is 0 Å². The topological polar surface area (TPSA) is 18.5 Å². The molecule has 0 spiro atoms. The Morgan fingerprint density at radius 3 is 1.93 bits per heavy atom. The van der Waals surface area contributed by atoms with Gasteiger partial charge in [-0.25, -0.2) is 0 Å². The van der Waals surface area contributed by atoms with Crippen molar-refractivity contribution in [3.63, 3.8) is 0 Å². The molecule has 0 aromatic carbocycles. The molecule has 1 unspecified atom stereocenters. The van der Waals surface area contributed by atoms with Crippen molar-refractivity contribution in [1.29, 1.82) is 0 Å². The molecule has 0 aromatic heterocycles. The molecule has 1 atom stereocenters. The fourth-order valence-corrected chi connectivity index (χ4v) is 3.48. The van der Waals surface area contributed by atoms with E-state index in [1.165, 1.54) is 103 Å². The number of rotatable bonds is 18. The van der Waals surface area contributed by atoms with Crippen molar-refractivity contribution < 1.29 is 9.47 Å². The summed E-state index contributed by atoms with van der Waals surface area (Å²) in [6, 6.07) is 0. The van der Waals surface area contributed by atoms with Crippen LogP contribution in [0.15, 0.2) is 24.3 Å². The second-order valence-electron chi connectivity index (χ2n) is 7.95. The molecule has 1 saturated heterocycles. The number of hydrogen-bond donors (Lipinski definition) is 0. The number of allylic oxidation sites excluding steroid dienone is 4. The lowest BCUT2D eigenvalue weighted by molar-refractivity contribution is -0.162. The van der Waals surface area contributed by atoms with Gasteiger partial charge in [0.1, 0.15) is 0 Å². The highest BCUT2D eigenvalue weighted by Gasteiger charge is 2.13. The molecule has 2 heteroatoms. The highest BCUT2D eigenvalue weighted by atomic mass is 16.7. The summed E-state index contributed by atoms with van der Waals surface area (Å²) in [4.78, 5) is 0. The van der Waals surface area contributed by atoms with E-state index in [0.717, 1.165) is 19.6 Å². The van der Waals surface area contributed by atoms with Gasteiger partial charge in [-0.15, -0.1) is 0 Å². The minimum absolute atomic E-state index is 0.0847. The molecule has 158 valence electrons. The molecule has 0 aromatic rings. The Labute approximate surface area is 169 Å². The summed E-state index contributed by atoms with van der Waals surface area (Å²) in [6.07, 6.45) is 31.5. The first-order valence-electron chi connectivity index (χ1n) is 12.0. The van der Waals surface area contributed by atoms with Crippen molar-refractivity contribution in [1.82, 2.24) is 0 Å². The largest absolute Gasteiger partial charge is 0.353 e.